The van der Waals surface area contributed by atoms with Crippen molar-refractivity contribution < 1.29 is 4.74 Å². The lowest BCUT2D eigenvalue weighted by atomic mass is 10.00. The molecule has 1 aliphatic rings. The standard InChI is InChI=1S/C6H13NO.C2H6/c1-5-3-6(7-5)4-8-2;1-2/h5-7H,3-4H2,1-2H3;1-2H3. The van der Waals surface area contributed by atoms with Gasteiger partial charge < -0.3 is 10.1 Å². The van der Waals surface area contributed by atoms with Gasteiger partial charge in [-0.05, 0) is 13.3 Å². The second-order valence-corrected chi connectivity index (χ2v) is 2.46. The number of ether oxygens (including phenoxy) is 1. The largest absolute Gasteiger partial charge is 0.383 e. The maximum absolute atomic E-state index is 4.93. The van der Waals surface area contributed by atoms with E-state index in [1.165, 1.54) is 6.42 Å². The first-order chi connectivity index (χ1) is 4.83. The molecule has 0 aromatic rings. The second kappa shape index (κ2) is 5.69. The van der Waals surface area contributed by atoms with Gasteiger partial charge >= 0.3 is 0 Å². The predicted molar refractivity (Wildman–Crippen MR) is 44.2 cm³/mol. The Labute approximate surface area is 64.0 Å². The molecule has 1 N–H and O–H groups in total. The Morgan fingerprint density at radius 1 is 1.50 bits per heavy atom. The molecule has 2 unspecified atom stereocenters. The molecule has 0 spiro atoms. The lowest BCUT2D eigenvalue weighted by Gasteiger charge is -2.34. The third-order valence-corrected chi connectivity index (χ3v) is 1.53. The molecule has 1 aliphatic heterocycles. The lowest BCUT2D eigenvalue weighted by molar-refractivity contribution is 0.119. The van der Waals surface area contributed by atoms with Gasteiger partial charge in [0.2, 0.25) is 0 Å². The van der Waals surface area contributed by atoms with Crippen molar-refractivity contribution in [1.82, 2.24) is 5.32 Å². The summed E-state index contributed by atoms with van der Waals surface area (Å²) >= 11 is 0. The third-order valence-electron chi connectivity index (χ3n) is 1.53. The van der Waals surface area contributed by atoms with Gasteiger partial charge in [-0.3, -0.25) is 0 Å². The average Bonchev–Trinajstić information content (AvgIpc) is 1.90. The molecule has 0 aliphatic carbocycles. The molecule has 1 fully saturated rings. The van der Waals surface area contributed by atoms with Gasteiger partial charge in [0, 0.05) is 19.2 Å². The highest BCUT2D eigenvalue weighted by Gasteiger charge is 2.22. The first-order valence-electron chi connectivity index (χ1n) is 4.08. The fraction of sp³-hybridized carbons (Fsp3) is 1.00. The maximum atomic E-state index is 4.93. The van der Waals surface area contributed by atoms with Crippen LogP contribution in [0.1, 0.15) is 27.2 Å². The van der Waals surface area contributed by atoms with Crippen molar-refractivity contribution >= 4 is 0 Å². The van der Waals surface area contributed by atoms with Crippen molar-refractivity contribution in [2.24, 2.45) is 0 Å². The molecular formula is C8H19NO. The summed E-state index contributed by atoms with van der Waals surface area (Å²) in [7, 11) is 1.74. The predicted octanol–water partition coefficient (Wildman–Crippen LogP) is 1.41. The molecule has 1 heterocycles. The van der Waals surface area contributed by atoms with Gasteiger partial charge in [-0.15, -0.1) is 0 Å². The van der Waals surface area contributed by atoms with Crippen molar-refractivity contribution in [3.8, 4) is 0 Å². The zero-order valence-electron chi connectivity index (χ0n) is 7.48. The van der Waals surface area contributed by atoms with E-state index in [1.807, 2.05) is 13.8 Å². The van der Waals surface area contributed by atoms with Crippen LogP contribution >= 0.6 is 0 Å². The van der Waals surface area contributed by atoms with Gasteiger partial charge in [0.1, 0.15) is 0 Å². The average molecular weight is 145 g/mol. The molecule has 2 heteroatoms. The minimum atomic E-state index is 0.634. The van der Waals surface area contributed by atoms with E-state index in [1.54, 1.807) is 7.11 Å². The van der Waals surface area contributed by atoms with Crippen molar-refractivity contribution in [3.05, 3.63) is 0 Å². The number of methoxy groups -OCH3 is 1. The van der Waals surface area contributed by atoms with Crippen LogP contribution in [-0.2, 0) is 4.74 Å². The van der Waals surface area contributed by atoms with Crippen LogP contribution in [0.4, 0.5) is 0 Å². The van der Waals surface area contributed by atoms with E-state index in [2.05, 4.69) is 12.2 Å². The van der Waals surface area contributed by atoms with Gasteiger partial charge in [0.25, 0.3) is 0 Å². The summed E-state index contributed by atoms with van der Waals surface area (Å²) in [6.45, 7) is 7.05. The normalized spacial score (nSPS) is 30.0. The monoisotopic (exact) mass is 145 g/mol. The first-order valence-corrected chi connectivity index (χ1v) is 4.08. The van der Waals surface area contributed by atoms with E-state index in [-0.39, 0.29) is 0 Å². The van der Waals surface area contributed by atoms with Gasteiger partial charge in [0.15, 0.2) is 0 Å². The van der Waals surface area contributed by atoms with Crippen LogP contribution in [0.3, 0.4) is 0 Å². The van der Waals surface area contributed by atoms with Crippen LogP contribution in [0.25, 0.3) is 0 Å². The SMILES string of the molecule is CC.COCC1CC(C)N1. The van der Waals surface area contributed by atoms with Crippen LogP contribution in [-0.4, -0.2) is 25.8 Å². The molecule has 0 aromatic carbocycles. The summed E-state index contributed by atoms with van der Waals surface area (Å²) in [5, 5.41) is 3.32. The number of hydrogen-bond donors (Lipinski definition) is 1. The van der Waals surface area contributed by atoms with Crippen molar-refractivity contribution in [2.75, 3.05) is 13.7 Å². The Balaban J connectivity index is 0.000000371. The lowest BCUT2D eigenvalue weighted by Crippen LogP contribution is -2.52. The Morgan fingerprint density at radius 2 is 2.00 bits per heavy atom. The van der Waals surface area contributed by atoms with Crippen LogP contribution in [0.2, 0.25) is 0 Å². The van der Waals surface area contributed by atoms with Crippen molar-refractivity contribution in [2.45, 2.75) is 39.3 Å². The quantitative estimate of drug-likeness (QED) is 0.634. The summed E-state index contributed by atoms with van der Waals surface area (Å²) < 4.78 is 4.93. The number of rotatable bonds is 2. The summed E-state index contributed by atoms with van der Waals surface area (Å²) in [6.07, 6.45) is 1.27. The first kappa shape index (κ1) is 9.92. The molecule has 2 atom stereocenters. The summed E-state index contributed by atoms with van der Waals surface area (Å²) in [5.74, 6) is 0. The zero-order valence-corrected chi connectivity index (χ0v) is 7.48. The van der Waals surface area contributed by atoms with E-state index in [0.717, 1.165) is 12.6 Å². The Morgan fingerprint density at radius 3 is 2.30 bits per heavy atom. The van der Waals surface area contributed by atoms with Gasteiger partial charge in [0.05, 0.1) is 6.61 Å². The number of nitrogens with one attached hydrogen (secondary N) is 1. The number of hydrogen-bond acceptors (Lipinski definition) is 2. The molecule has 2 nitrogen and oxygen atoms in total. The topological polar surface area (TPSA) is 21.3 Å². The highest BCUT2D eigenvalue weighted by Crippen LogP contribution is 2.09. The summed E-state index contributed by atoms with van der Waals surface area (Å²) in [6, 6.07) is 1.35. The van der Waals surface area contributed by atoms with Gasteiger partial charge in [-0.1, -0.05) is 13.8 Å². The highest BCUT2D eigenvalue weighted by molar-refractivity contribution is 4.84. The van der Waals surface area contributed by atoms with Crippen LogP contribution < -0.4 is 5.32 Å². The van der Waals surface area contributed by atoms with Gasteiger partial charge in [-0.25, -0.2) is 0 Å². The fourth-order valence-corrected chi connectivity index (χ4v) is 1.12. The van der Waals surface area contributed by atoms with Crippen LogP contribution in [0.15, 0.2) is 0 Å². The molecule has 0 amide bonds. The van der Waals surface area contributed by atoms with E-state index < -0.39 is 0 Å². The molecule has 0 aromatic heterocycles. The highest BCUT2D eigenvalue weighted by atomic mass is 16.5. The second-order valence-electron chi connectivity index (χ2n) is 2.46. The molecule has 0 saturated carbocycles. The minimum Gasteiger partial charge on any atom is -0.383 e. The zero-order chi connectivity index (χ0) is 7.98. The summed E-state index contributed by atoms with van der Waals surface area (Å²) in [4.78, 5) is 0. The van der Waals surface area contributed by atoms with Crippen molar-refractivity contribution in [1.29, 1.82) is 0 Å². The molecule has 10 heavy (non-hydrogen) atoms. The van der Waals surface area contributed by atoms with E-state index >= 15 is 0 Å². The maximum Gasteiger partial charge on any atom is 0.0616 e. The summed E-state index contributed by atoms with van der Waals surface area (Å²) in [5.41, 5.74) is 0. The Hall–Kier alpha value is -0.0800. The Bertz CT molecular complexity index is 66.9. The van der Waals surface area contributed by atoms with Crippen LogP contribution in [0.5, 0.6) is 0 Å². The molecule has 62 valence electrons. The fourth-order valence-electron chi connectivity index (χ4n) is 1.12. The smallest absolute Gasteiger partial charge is 0.0616 e. The van der Waals surface area contributed by atoms with Gasteiger partial charge in [-0.2, -0.15) is 0 Å². The molecule has 1 rings (SSSR count). The van der Waals surface area contributed by atoms with E-state index in [0.29, 0.717) is 6.04 Å². The van der Waals surface area contributed by atoms with E-state index in [9.17, 15) is 0 Å². The van der Waals surface area contributed by atoms with Crippen LogP contribution in [0, 0.1) is 0 Å². The van der Waals surface area contributed by atoms with E-state index in [4.69, 9.17) is 4.74 Å². The Kier molecular flexibility index (Phi) is 5.64. The third kappa shape index (κ3) is 3.18. The minimum absolute atomic E-state index is 0.634. The molecule has 0 radical (unpaired) electrons. The molecular weight excluding hydrogens is 126 g/mol. The van der Waals surface area contributed by atoms with Crippen molar-refractivity contribution in [3.63, 3.8) is 0 Å². The molecule has 0 bridgehead atoms. The molecule has 1 saturated heterocycles.